The van der Waals surface area contributed by atoms with Gasteiger partial charge in [0.1, 0.15) is 11.2 Å². The molecule has 0 saturated carbocycles. The van der Waals surface area contributed by atoms with E-state index in [0.29, 0.717) is 9.11 Å². The normalized spacial score (nSPS) is 11.0. The third-order valence-electron chi connectivity index (χ3n) is 2.92. The first-order chi connectivity index (χ1) is 11.8. The van der Waals surface area contributed by atoms with Crippen molar-refractivity contribution in [2.45, 2.75) is 16.9 Å². The molecule has 1 amide bonds. The molecule has 1 aromatic heterocycles. The summed E-state index contributed by atoms with van der Waals surface area (Å²) in [4.78, 5) is 16.0. The lowest BCUT2D eigenvalue weighted by atomic mass is 10.1. The van der Waals surface area contributed by atoms with E-state index in [-0.39, 0.29) is 22.2 Å². The Labute approximate surface area is 148 Å². The first kappa shape index (κ1) is 18.9. The van der Waals surface area contributed by atoms with Crippen molar-refractivity contribution in [3.8, 4) is 16.9 Å². The van der Waals surface area contributed by atoms with Gasteiger partial charge in [-0.2, -0.15) is 18.4 Å². The molecule has 0 N–H and O–H groups in total. The zero-order chi connectivity index (χ0) is 18.6. The number of hydrogen-bond acceptors (Lipinski definition) is 6. The number of carbonyl (C=O) groups excluding carboxylic acids is 1. The number of alkyl halides is 3. The number of hydrogen-bond donors (Lipinski definition) is 0. The Morgan fingerprint density at radius 1 is 1.48 bits per heavy atom. The predicted octanol–water partition coefficient (Wildman–Crippen LogP) is 3.96. The molecule has 0 aliphatic heterocycles. The summed E-state index contributed by atoms with van der Waals surface area (Å²) in [5, 5.41) is 21.5. The van der Waals surface area contributed by atoms with Crippen LogP contribution in [0.1, 0.15) is 5.56 Å². The minimum atomic E-state index is -5.11. The van der Waals surface area contributed by atoms with Gasteiger partial charge in [0.2, 0.25) is 0 Å². The summed E-state index contributed by atoms with van der Waals surface area (Å²) >= 11 is 1.50. The SMILES string of the molecule is COc1cc([O])ccc1CN(C(=O)C(F)(F)F)c1ncc(SC#N)s1. The molecule has 0 aliphatic rings. The lowest BCUT2D eigenvalue weighted by Crippen LogP contribution is -2.40. The van der Waals surface area contributed by atoms with Crippen molar-refractivity contribution in [2.75, 3.05) is 12.0 Å². The largest absolute Gasteiger partial charge is 0.496 e. The van der Waals surface area contributed by atoms with Crippen LogP contribution >= 0.6 is 23.1 Å². The zero-order valence-electron chi connectivity index (χ0n) is 12.5. The lowest BCUT2D eigenvalue weighted by molar-refractivity contribution is -0.170. The maximum absolute atomic E-state index is 12.9. The van der Waals surface area contributed by atoms with Crippen molar-refractivity contribution >= 4 is 34.1 Å². The van der Waals surface area contributed by atoms with E-state index in [4.69, 9.17) is 10.00 Å². The van der Waals surface area contributed by atoms with Crippen LogP contribution in [0.4, 0.5) is 18.3 Å². The van der Waals surface area contributed by atoms with Crippen molar-refractivity contribution in [1.82, 2.24) is 4.98 Å². The molecule has 131 valence electrons. The Hall–Kier alpha value is -2.45. The summed E-state index contributed by atoms with van der Waals surface area (Å²) in [5.74, 6) is -2.42. The van der Waals surface area contributed by atoms with E-state index in [1.165, 1.54) is 19.4 Å². The molecule has 2 aromatic rings. The highest BCUT2D eigenvalue weighted by molar-refractivity contribution is 8.05. The number of nitrogens with zero attached hydrogens (tertiary/aromatic N) is 3. The van der Waals surface area contributed by atoms with Gasteiger partial charge in [-0.3, -0.25) is 14.8 Å². The second kappa shape index (κ2) is 7.62. The Kier molecular flexibility index (Phi) is 5.76. The lowest BCUT2D eigenvalue weighted by Gasteiger charge is -2.22. The van der Waals surface area contributed by atoms with Gasteiger partial charge in [-0.15, -0.1) is 0 Å². The molecular weight excluding hydrogens is 379 g/mol. The number of rotatable bonds is 5. The Morgan fingerprint density at radius 2 is 2.20 bits per heavy atom. The maximum Gasteiger partial charge on any atom is 0.471 e. The van der Waals surface area contributed by atoms with Crippen molar-refractivity contribution in [1.29, 1.82) is 5.26 Å². The van der Waals surface area contributed by atoms with Crippen LogP contribution in [0.25, 0.3) is 0 Å². The average molecular weight is 388 g/mol. The fraction of sp³-hybridized carbons (Fsp3) is 0.214. The van der Waals surface area contributed by atoms with Crippen LogP contribution in [0.5, 0.6) is 11.5 Å². The number of anilines is 1. The number of thioether (sulfide) groups is 1. The standard InChI is InChI=1S/C14H9F3N3O3S2/c1-23-10-4-9(21)3-2-8(10)6-20(12(22)14(15,16)17)13-19-5-11(25-13)24-7-18/h2-5H,6H2,1H3. The van der Waals surface area contributed by atoms with E-state index in [0.717, 1.165) is 35.2 Å². The molecule has 0 fully saturated rings. The highest BCUT2D eigenvalue weighted by Crippen LogP contribution is 2.34. The minimum Gasteiger partial charge on any atom is -0.496 e. The fourth-order valence-electron chi connectivity index (χ4n) is 1.87. The summed E-state index contributed by atoms with van der Waals surface area (Å²) in [6.07, 6.45) is -3.90. The second-order valence-electron chi connectivity index (χ2n) is 4.52. The number of thiazole rings is 1. The van der Waals surface area contributed by atoms with Gasteiger partial charge in [0.15, 0.2) is 10.9 Å². The molecule has 0 bridgehead atoms. The van der Waals surface area contributed by atoms with E-state index in [2.05, 4.69) is 4.98 Å². The molecular formula is C14H9F3N3O3S2. The maximum atomic E-state index is 12.9. The van der Waals surface area contributed by atoms with Crippen LogP contribution in [0, 0.1) is 10.7 Å². The van der Waals surface area contributed by atoms with Gasteiger partial charge in [0.25, 0.3) is 0 Å². The quantitative estimate of drug-likeness (QED) is 0.572. The van der Waals surface area contributed by atoms with Crippen molar-refractivity contribution in [3.63, 3.8) is 0 Å². The molecule has 0 aliphatic carbocycles. The number of thiocyanates is 1. The molecule has 25 heavy (non-hydrogen) atoms. The van der Waals surface area contributed by atoms with Gasteiger partial charge in [-0.25, -0.2) is 4.98 Å². The average Bonchev–Trinajstić information content (AvgIpc) is 3.00. The molecule has 0 spiro atoms. The molecule has 0 unspecified atom stereocenters. The van der Waals surface area contributed by atoms with E-state index >= 15 is 0 Å². The van der Waals surface area contributed by atoms with Crippen molar-refractivity contribution in [3.05, 3.63) is 30.0 Å². The van der Waals surface area contributed by atoms with Gasteiger partial charge < -0.3 is 4.74 Å². The number of amides is 1. The van der Waals surface area contributed by atoms with Crippen LogP contribution in [0.3, 0.4) is 0 Å². The molecule has 1 aromatic carbocycles. The van der Waals surface area contributed by atoms with Gasteiger partial charge in [-0.1, -0.05) is 11.3 Å². The van der Waals surface area contributed by atoms with Crippen LogP contribution in [-0.2, 0) is 16.4 Å². The first-order valence-corrected chi connectivity index (χ1v) is 8.14. The fourth-order valence-corrected chi connectivity index (χ4v) is 3.22. The summed E-state index contributed by atoms with van der Waals surface area (Å²) in [7, 11) is 1.26. The summed E-state index contributed by atoms with van der Waals surface area (Å²) in [6.45, 7) is -0.494. The number of aromatic nitrogens is 1. The predicted molar refractivity (Wildman–Crippen MR) is 84.0 cm³/mol. The van der Waals surface area contributed by atoms with E-state index in [9.17, 15) is 23.1 Å². The second-order valence-corrected chi connectivity index (χ2v) is 6.61. The number of halogens is 3. The molecule has 6 nitrogen and oxygen atoms in total. The van der Waals surface area contributed by atoms with Gasteiger partial charge in [-0.05, 0) is 12.1 Å². The summed E-state index contributed by atoms with van der Waals surface area (Å²) < 4.78 is 44.1. The number of methoxy groups -OCH3 is 1. The van der Waals surface area contributed by atoms with E-state index in [1.54, 1.807) is 5.40 Å². The monoisotopic (exact) mass is 388 g/mol. The van der Waals surface area contributed by atoms with Gasteiger partial charge in [0, 0.05) is 23.4 Å². The number of ether oxygens (including phenoxy) is 1. The van der Waals surface area contributed by atoms with Crippen LogP contribution in [0.2, 0.25) is 0 Å². The molecule has 2 rings (SSSR count). The van der Waals surface area contributed by atoms with Gasteiger partial charge in [0.05, 0.1) is 24.1 Å². The third kappa shape index (κ3) is 4.55. The van der Waals surface area contributed by atoms with Crippen LogP contribution in [-0.4, -0.2) is 24.2 Å². The Balaban J connectivity index is 2.41. The summed E-state index contributed by atoms with van der Waals surface area (Å²) in [6, 6.07) is 3.56. The van der Waals surface area contributed by atoms with Crippen molar-refractivity contribution < 1.29 is 27.8 Å². The Morgan fingerprint density at radius 3 is 2.80 bits per heavy atom. The number of carbonyl (C=O) groups is 1. The van der Waals surface area contributed by atoms with Crippen LogP contribution in [0.15, 0.2) is 28.6 Å². The van der Waals surface area contributed by atoms with E-state index < -0.39 is 18.6 Å². The smallest absolute Gasteiger partial charge is 0.471 e. The molecule has 1 heterocycles. The highest BCUT2D eigenvalue weighted by Gasteiger charge is 2.44. The molecule has 0 saturated heterocycles. The highest BCUT2D eigenvalue weighted by atomic mass is 32.2. The summed E-state index contributed by atoms with van der Waals surface area (Å²) in [5.41, 5.74) is 0.212. The molecule has 11 heteroatoms. The molecule has 0 atom stereocenters. The Bertz CT molecular complexity index is 818. The number of benzene rings is 1. The van der Waals surface area contributed by atoms with Crippen LogP contribution < -0.4 is 9.64 Å². The van der Waals surface area contributed by atoms with E-state index in [1.807, 2.05) is 0 Å². The zero-order valence-corrected chi connectivity index (χ0v) is 14.2. The molecule has 1 radical (unpaired) electrons. The van der Waals surface area contributed by atoms with Crippen molar-refractivity contribution in [2.24, 2.45) is 0 Å². The van der Waals surface area contributed by atoms with Gasteiger partial charge >= 0.3 is 12.1 Å². The topological polar surface area (TPSA) is 86.1 Å². The minimum absolute atomic E-state index is 0.0654. The first-order valence-electron chi connectivity index (χ1n) is 6.50. The number of nitriles is 1. The third-order valence-corrected chi connectivity index (χ3v) is 4.64.